The molecule has 0 aliphatic heterocycles. The summed E-state index contributed by atoms with van der Waals surface area (Å²) < 4.78 is 74.1. The maximum atomic E-state index is 14.0. The minimum absolute atomic E-state index is 0.299. The smallest absolute Gasteiger partial charge is 0.425 e. The molecule has 152 valence electrons. The zero-order valence-electron chi connectivity index (χ0n) is 15.6. The highest BCUT2D eigenvalue weighted by Gasteiger charge is 2.58. The van der Waals surface area contributed by atoms with Gasteiger partial charge in [-0.15, -0.1) is 0 Å². The summed E-state index contributed by atoms with van der Waals surface area (Å²) in [5.74, 6) is -2.83. The van der Waals surface area contributed by atoms with Gasteiger partial charge in [-0.05, 0) is 30.7 Å². The summed E-state index contributed by atoms with van der Waals surface area (Å²) in [6.07, 6.45) is -3.85. The van der Waals surface area contributed by atoms with Crippen molar-refractivity contribution in [3.63, 3.8) is 0 Å². The van der Waals surface area contributed by atoms with Crippen LogP contribution in [0, 0.1) is 18.6 Å². The average molecular weight is 402 g/mol. The monoisotopic (exact) mass is 402 g/mol. The van der Waals surface area contributed by atoms with Crippen LogP contribution in [0.4, 0.5) is 27.6 Å². The molecule has 0 aliphatic rings. The van der Waals surface area contributed by atoms with Crippen molar-refractivity contribution in [1.29, 1.82) is 0 Å². The SMILES string of the molecule is COc1cc(N=CN(C)C)c(C)cc1C(O)(c1cc(F)cc(F)c1)C(F)(F)F. The zero-order chi connectivity index (χ0) is 21.3. The summed E-state index contributed by atoms with van der Waals surface area (Å²) in [4.78, 5) is 5.76. The van der Waals surface area contributed by atoms with Gasteiger partial charge in [0.25, 0.3) is 0 Å². The predicted molar refractivity (Wildman–Crippen MR) is 95.0 cm³/mol. The Morgan fingerprint density at radius 1 is 1.04 bits per heavy atom. The van der Waals surface area contributed by atoms with Crippen molar-refractivity contribution in [2.45, 2.75) is 18.7 Å². The van der Waals surface area contributed by atoms with Gasteiger partial charge in [0.2, 0.25) is 5.60 Å². The third-order valence-electron chi connectivity index (χ3n) is 4.03. The molecule has 0 aromatic heterocycles. The lowest BCUT2D eigenvalue weighted by molar-refractivity contribution is -0.248. The van der Waals surface area contributed by atoms with Gasteiger partial charge in [0.05, 0.1) is 19.1 Å². The molecule has 0 amide bonds. The van der Waals surface area contributed by atoms with E-state index in [9.17, 15) is 27.1 Å². The van der Waals surface area contributed by atoms with Crippen molar-refractivity contribution < 1.29 is 31.8 Å². The molecule has 0 saturated carbocycles. The van der Waals surface area contributed by atoms with Crippen LogP contribution in [0.1, 0.15) is 16.7 Å². The van der Waals surface area contributed by atoms with E-state index in [1.165, 1.54) is 19.3 Å². The number of nitrogens with zero attached hydrogens (tertiary/aromatic N) is 2. The number of hydrogen-bond donors (Lipinski definition) is 1. The molecule has 1 unspecified atom stereocenters. The van der Waals surface area contributed by atoms with Gasteiger partial charge in [0.15, 0.2) is 0 Å². The van der Waals surface area contributed by atoms with Crippen LogP contribution in [0.15, 0.2) is 35.3 Å². The fourth-order valence-corrected chi connectivity index (χ4v) is 2.68. The molecule has 0 bridgehead atoms. The summed E-state index contributed by atoms with van der Waals surface area (Å²) in [5.41, 5.74) is -4.79. The topological polar surface area (TPSA) is 45.1 Å². The average Bonchev–Trinajstić information content (AvgIpc) is 2.57. The van der Waals surface area contributed by atoms with E-state index in [1.807, 2.05) is 0 Å². The van der Waals surface area contributed by atoms with E-state index in [4.69, 9.17) is 4.74 Å². The third-order valence-corrected chi connectivity index (χ3v) is 4.03. The predicted octanol–water partition coefficient (Wildman–Crippen LogP) is 4.30. The Hall–Kier alpha value is -2.68. The highest BCUT2D eigenvalue weighted by Crippen LogP contribution is 2.48. The van der Waals surface area contributed by atoms with Crippen LogP contribution in [0.5, 0.6) is 5.75 Å². The van der Waals surface area contributed by atoms with Crippen LogP contribution < -0.4 is 4.74 Å². The molecule has 0 fully saturated rings. The van der Waals surface area contributed by atoms with Crippen LogP contribution in [0.2, 0.25) is 0 Å². The number of benzene rings is 2. The van der Waals surface area contributed by atoms with Gasteiger partial charge in [0.1, 0.15) is 17.4 Å². The summed E-state index contributed by atoms with van der Waals surface area (Å²) >= 11 is 0. The van der Waals surface area contributed by atoms with Crippen LogP contribution in [0.25, 0.3) is 0 Å². The second-order valence-corrected chi connectivity index (χ2v) is 6.41. The molecule has 1 atom stereocenters. The standard InChI is InChI=1S/C19H19F5N2O2/c1-11-5-15(17(28-4)9-16(11)25-10-26(2)3)18(27,19(22,23)24)12-6-13(20)8-14(21)7-12/h5-10,27H,1-4H3. The first kappa shape index (κ1) is 21.6. The van der Waals surface area contributed by atoms with Crippen LogP contribution in [0.3, 0.4) is 0 Å². The van der Waals surface area contributed by atoms with Crippen molar-refractivity contribution in [1.82, 2.24) is 4.90 Å². The maximum absolute atomic E-state index is 14.0. The number of rotatable bonds is 5. The lowest BCUT2D eigenvalue weighted by Crippen LogP contribution is -2.43. The van der Waals surface area contributed by atoms with Gasteiger partial charge in [-0.25, -0.2) is 13.8 Å². The van der Waals surface area contributed by atoms with E-state index in [2.05, 4.69) is 4.99 Å². The summed E-state index contributed by atoms with van der Waals surface area (Å²) in [5, 5.41) is 10.7. The minimum Gasteiger partial charge on any atom is -0.496 e. The van der Waals surface area contributed by atoms with Crippen molar-refractivity contribution in [2.75, 3.05) is 21.2 Å². The van der Waals surface area contributed by atoms with Gasteiger partial charge < -0.3 is 14.7 Å². The molecule has 0 aliphatic carbocycles. The van der Waals surface area contributed by atoms with Gasteiger partial charge >= 0.3 is 6.18 Å². The summed E-state index contributed by atoms with van der Waals surface area (Å²) in [7, 11) is 4.55. The Kier molecular flexibility index (Phi) is 5.98. The molecule has 4 nitrogen and oxygen atoms in total. The Bertz CT molecular complexity index is 876. The first-order chi connectivity index (χ1) is 12.9. The summed E-state index contributed by atoms with van der Waals surface area (Å²) in [6.45, 7) is 1.49. The number of halogens is 5. The van der Waals surface area contributed by atoms with E-state index in [0.29, 0.717) is 29.4 Å². The molecule has 0 spiro atoms. The number of aryl methyl sites for hydroxylation is 1. The van der Waals surface area contributed by atoms with Gasteiger partial charge in [0, 0.05) is 37.4 Å². The lowest BCUT2D eigenvalue weighted by Gasteiger charge is -2.33. The van der Waals surface area contributed by atoms with E-state index in [-0.39, 0.29) is 5.75 Å². The number of aliphatic imine (C=N–C) groups is 1. The molecular weight excluding hydrogens is 383 g/mol. The van der Waals surface area contributed by atoms with Crippen molar-refractivity contribution in [2.24, 2.45) is 4.99 Å². The van der Waals surface area contributed by atoms with E-state index < -0.39 is 34.5 Å². The molecule has 0 radical (unpaired) electrons. The van der Waals surface area contributed by atoms with Crippen LogP contribution in [-0.4, -0.2) is 43.7 Å². The van der Waals surface area contributed by atoms with E-state index in [0.717, 1.165) is 13.2 Å². The lowest BCUT2D eigenvalue weighted by atomic mass is 9.84. The summed E-state index contributed by atoms with van der Waals surface area (Å²) in [6, 6.07) is 3.54. The molecule has 0 saturated heterocycles. The number of hydrogen-bond acceptors (Lipinski definition) is 3. The zero-order valence-corrected chi connectivity index (χ0v) is 15.6. The third kappa shape index (κ3) is 4.09. The molecular formula is C19H19F5N2O2. The maximum Gasteiger partial charge on any atom is 0.425 e. The molecule has 2 aromatic carbocycles. The van der Waals surface area contributed by atoms with E-state index in [1.54, 1.807) is 19.0 Å². The molecule has 28 heavy (non-hydrogen) atoms. The quantitative estimate of drug-likeness (QED) is 0.461. The fourth-order valence-electron chi connectivity index (χ4n) is 2.68. The number of ether oxygens (including phenoxy) is 1. The molecule has 2 aromatic rings. The second-order valence-electron chi connectivity index (χ2n) is 6.41. The van der Waals surface area contributed by atoms with Gasteiger partial charge in [-0.3, -0.25) is 0 Å². The van der Waals surface area contributed by atoms with Crippen molar-refractivity contribution in [3.8, 4) is 5.75 Å². The molecule has 9 heteroatoms. The molecule has 0 heterocycles. The highest BCUT2D eigenvalue weighted by atomic mass is 19.4. The van der Waals surface area contributed by atoms with E-state index >= 15 is 0 Å². The van der Waals surface area contributed by atoms with Crippen molar-refractivity contribution in [3.05, 3.63) is 58.7 Å². The molecule has 1 N–H and O–H groups in total. The minimum atomic E-state index is -5.29. The normalized spacial score (nSPS) is 14.2. The van der Waals surface area contributed by atoms with Crippen LogP contribution in [-0.2, 0) is 5.60 Å². The first-order valence-corrected chi connectivity index (χ1v) is 8.05. The van der Waals surface area contributed by atoms with Crippen molar-refractivity contribution >= 4 is 12.0 Å². The Morgan fingerprint density at radius 3 is 2.07 bits per heavy atom. The van der Waals surface area contributed by atoms with Crippen LogP contribution >= 0.6 is 0 Å². The van der Waals surface area contributed by atoms with Gasteiger partial charge in [-0.2, -0.15) is 13.2 Å². The Balaban J connectivity index is 2.79. The van der Waals surface area contributed by atoms with Gasteiger partial charge in [-0.1, -0.05) is 0 Å². The second kappa shape index (κ2) is 7.75. The largest absolute Gasteiger partial charge is 0.496 e. The highest BCUT2D eigenvalue weighted by molar-refractivity contribution is 5.65. The Morgan fingerprint density at radius 2 is 1.61 bits per heavy atom. The number of methoxy groups -OCH3 is 1. The number of alkyl halides is 3. The first-order valence-electron chi connectivity index (χ1n) is 8.05. The number of aliphatic hydroxyl groups is 1. The Labute approximate surface area is 158 Å². The fraction of sp³-hybridized carbons (Fsp3) is 0.316. The molecule has 2 rings (SSSR count).